The molecule has 0 saturated heterocycles. The predicted molar refractivity (Wildman–Crippen MR) is 399 cm³/mol. The standard InChI is InChI=1S/3C24H22N6O.3H2S/c1-14-6-4-9-18(10-14)30-19(11-17-8-5-7-15(2)20(17)24(30)31)16(3)29-23-21-22(26-12-25-21)27-13-28-23;1-14-7-4-5-10-18(14)30-19(11-17-9-6-8-15(2)20(17)24(30)31)16(3)29-23-21-22(26-12-25-21)27-13-28-23;1-3-18(29-23-21-22(26-13-25-21)27-14-28-23)19-12-16-9-7-8-15(2)20(16)24(31)30(19)17-10-5-4-6-11-17;;;/h2*4-13,16H,1-3H3,(H2,25,26,27,28,29);4-14,18H,3H2,1-2H3,(H2,25,26,27,28,29);3*1H2/t2*16-;18-;;;/m000.../s1. The Morgan fingerprint density at radius 1 is 0.396 bits per heavy atom. The van der Waals surface area contributed by atoms with Gasteiger partial charge in [-0.1, -0.05) is 110 Å². The van der Waals surface area contributed by atoms with E-state index < -0.39 is 0 Å². The molecular weight excluding hydrogens is 1260 g/mol. The van der Waals surface area contributed by atoms with Gasteiger partial charge >= 0.3 is 0 Å². The van der Waals surface area contributed by atoms with Gasteiger partial charge in [-0.3, -0.25) is 28.1 Å². The normalized spacial score (nSPS) is 12.0. The van der Waals surface area contributed by atoms with E-state index in [9.17, 15) is 14.4 Å². The minimum atomic E-state index is -0.210. The number of rotatable bonds is 13. The van der Waals surface area contributed by atoms with E-state index >= 15 is 0 Å². The smallest absolute Gasteiger partial charge is 0.263 e. The molecule has 15 rings (SSSR count). The highest BCUT2D eigenvalue weighted by atomic mass is 32.1. The third-order valence-corrected chi connectivity index (χ3v) is 16.8. The monoisotopic (exact) mass is 1330 g/mol. The number of pyridine rings is 3. The number of aromatic amines is 3. The maximum atomic E-state index is 13.7. The molecule has 0 spiro atoms. The average Bonchev–Trinajstić information content (AvgIpc) is 0.971. The predicted octanol–water partition coefficient (Wildman–Crippen LogP) is 13.8. The molecular formula is C72H72N18O3S3. The van der Waals surface area contributed by atoms with Crippen molar-refractivity contribution in [3.63, 3.8) is 0 Å². The van der Waals surface area contributed by atoms with Gasteiger partial charge in [-0.05, 0) is 147 Å². The lowest BCUT2D eigenvalue weighted by Gasteiger charge is -2.23. The summed E-state index contributed by atoms with van der Waals surface area (Å²) in [6.07, 6.45) is 10.00. The van der Waals surface area contributed by atoms with Crippen LogP contribution in [0.25, 0.3) is 82.9 Å². The van der Waals surface area contributed by atoms with Crippen molar-refractivity contribution in [2.75, 3.05) is 16.0 Å². The number of fused-ring (bicyclic) bond motifs is 6. The number of anilines is 3. The number of para-hydroxylation sites is 2. The maximum absolute atomic E-state index is 13.7. The molecule has 0 aliphatic rings. The van der Waals surface area contributed by atoms with Crippen molar-refractivity contribution >= 4 is 124 Å². The molecule has 3 atom stereocenters. The Kier molecular flexibility index (Phi) is 20.6. The van der Waals surface area contributed by atoms with E-state index in [2.05, 4.69) is 101 Å². The third-order valence-electron chi connectivity index (χ3n) is 16.8. The first-order valence-corrected chi connectivity index (χ1v) is 30.6. The molecule has 96 heavy (non-hydrogen) atoms. The van der Waals surface area contributed by atoms with Crippen LogP contribution in [0, 0.1) is 34.6 Å². The fourth-order valence-electron chi connectivity index (χ4n) is 12.2. The summed E-state index contributed by atoms with van der Waals surface area (Å²) in [6.45, 7) is 16.1. The van der Waals surface area contributed by atoms with Crippen molar-refractivity contribution in [3.05, 3.63) is 266 Å². The van der Waals surface area contributed by atoms with Crippen molar-refractivity contribution in [3.8, 4) is 17.1 Å². The van der Waals surface area contributed by atoms with Gasteiger partial charge in [-0.25, -0.2) is 44.9 Å². The molecule has 0 amide bonds. The fourth-order valence-corrected chi connectivity index (χ4v) is 12.2. The molecule has 15 aromatic rings. The number of H-pyrrole nitrogens is 3. The Morgan fingerprint density at radius 3 is 1.24 bits per heavy atom. The summed E-state index contributed by atoms with van der Waals surface area (Å²) in [6, 6.07) is 49.2. The first-order chi connectivity index (χ1) is 45.2. The van der Waals surface area contributed by atoms with E-state index in [1.165, 1.54) is 19.0 Å². The summed E-state index contributed by atoms with van der Waals surface area (Å²) in [5.74, 6) is 1.94. The first kappa shape index (κ1) is 67.9. The van der Waals surface area contributed by atoms with Crippen LogP contribution in [-0.2, 0) is 0 Å². The van der Waals surface area contributed by atoms with Gasteiger partial charge in [0.25, 0.3) is 16.7 Å². The lowest BCUT2D eigenvalue weighted by molar-refractivity contribution is 0.689. The largest absolute Gasteiger partial charge is 0.360 e. The van der Waals surface area contributed by atoms with Gasteiger partial charge in [-0.2, -0.15) is 40.5 Å². The number of aryl methyl sites for hydroxylation is 5. The number of imidazole rings is 3. The number of nitrogens with zero attached hydrogens (tertiary/aromatic N) is 12. The number of hydrogen-bond donors (Lipinski definition) is 6. The van der Waals surface area contributed by atoms with Gasteiger partial charge < -0.3 is 30.9 Å². The molecule has 9 aromatic heterocycles. The van der Waals surface area contributed by atoms with Crippen LogP contribution in [0.3, 0.4) is 0 Å². The van der Waals surface area contributed by atoms with Crippen LogP contribution < -0.4 is 32.6 Å². The second-order valence-electron chi connectivity index (χ2n) is 23.0. The molecule has 0 radical (unpaired) electrons. The summed E-state index contributed by atoms with van der Waals surface area (Å²) in [7, 11) is 0. The van der Waals surface area contributed by atoms with E-state index in [0.717, 1.165) is 117 Å². The number of nitrogens with one attached hydrogen (secondary N) is 6. The summed E-state index contributed by atoms with van der Waals surface area (Å²) in [5.41, 5.74) is 14.1. The molecule has 0 fully saturated rings. The second-order valence-corrected chi connectivity index (χ2v) is 23.0. The van der Waals surface area contributed by atoms with Crippen molar-refractivity contribution in [2.24, 2.45) is 0 Å². The molecule has 9 heterocycles. The van der Waals surface area contributed by atoms with Gasteiger partial charge in [-0.15, -0.1) is 0 Å². The Bertz CT molecular complexity index is 5490. The molecule has 21 nitrogen and oxygen atoms in total. The van der Waals surface area contributed by atoms with Gasteiger partial charge in [0.1, 0.15) is 35.5 Å². The summed E-state index contributed by atoms with van der Waals surface area (Å²) >= 11 is 0. The molecule has 6 aromatic carbocycles. The zero-order valence-electron chi connectivity index (χ0n) is 53.9. The SMILES string of the molecule is CC[C@H](Nc1ncnc2nc[nH]c12)c1cc2cccc(C)c2c(=O)n1-c1ccccc1.Cc1cccc(-n2c([C@H](C)Nc3ncnc4nc[nH]c34)cc3cccc(C)c3c2=O)c1.Cc1ccccc1-n1c([C@H](C)Nc2ncnc3nc[nH]c23)cc2cccc(C)c2c1=O.S.S.S. The van der Waals surface area contributed by atoms with Crippen LogP contribution in [0.1, 0.15) is 90.2 Å². The van der Waals surface area contributed by atoms with Crippen LogP contribution in [0.5, 0.6) is 0 Å². The highest BCUT2D eigenvalue weighted by Gasteiger charge is 2.24. The van der Waals surface area contributed by atoms with Crippen molar-refractivity contribution in [1.82, 2.24) is 73.5 Å². The highest BCUT2D eigenvalue weighted by molar-refractivity contribution is 7.59. The molecule has 0 aliphatic heterocycles. The second kappa shape index (κ2) is 29.1. The van der Waals surface area contributed by atoms with E-state index in [1.807, 2.05) is 191 Å². The molecule has 0 aliphatic carbocycles. The zero-order chi connectivity index (χ0) is 64.4. The van der Waals surface area contributed by atoms with Crippen molar-refractivity contribution in [2.45, 2.75) is 79.9 Å². The third kappa shape index (κ3) is 13.2. The zero-order valence-corrected chi connectivity index (χ0v) is 56.9. The topological polar surface area (TPSA) is 265 Å². The van der Waals surface area contributed by atoms with Crippen LogP contribution in [0.2, 0.25) is 0 Å². The Labute approximate surface area is 572 Å². The lowest BCUT2D eigenvalue weighted by atomic mass is 10.0. The Balaban J connectivity index is 0.000000154. The lowest BCUT2D eigenvalue weighted by Crippen LogP contribution is -2.27. The van der Waals surface area contributed by atoms with Crippen LogP contribution >= 0.6 is 40.5 Å². The minimum Gasteiger partial charge on any atom is -0.360 e. The fraction of sp³-hybridized carbons (Fsp3) is 0.167. The minimum absolute atomic E-state index is 0. The van der Waals surface area contributed by atoms with Crippen molar-refractivity contribution < 1.29 is 0 Å². The van der Waals surface area contributed by atoms with Gasteiger partial charge in [0.05, 0.1) is 59.0 Å². The van der Waals surface area contributed by atoms with E-state index in [0.29, 0.717) is 34.4 Å². The van der Waals surface area contributed by atoms with E-state index in [-0.39, 0.29) is 75.3 Å². The van der Waals surface area contributed by atoms with Crippen molar-refractivity contribution in [1.29, 1.82) is 0 Å². The van der Waals surface area contributed by atoms with Crippen LogP contribution in [0.15, 0.2) is 204 Å². The molecule has 0 saturated carbocycles. The molecule has 0 unspecified atom stereocenters. The van der Waals surface area contributed by atoms with E-state index in [4.69, 9.17) is 0 Å². The van der Waals surface area contributed by atoms with Crippen LogP contribution in [0.4, 0.5) is 17.5 Å². The highest BCUT2D eigenvalue weighted by Crippen LogP contribution is 2.32. The number of benzene rings is 6. The van der Waals surface area contributed by atoms with E-state index in [1.54, 1.807) is 23.5 Å². The van der Waals surface area contributed by atoms with Gasteiger partial charge in [0.15, 0.2) is 34.4 Å². The molecule has 486 valence electrons. The maximum Gasteiger partial charge on any atom is 0.263 e. The molecule has 24 heteroatoms. The Hall–Kier alpha value is -11.0. The van der Waals surface area contributed by atoms with Gasteiger partial charge in [0.2, 0.25) is 0 Å². The Morgan fingerprint density at radius 2 is 0.781 bits per heavy atom. The molecule has 0 bridgehead atoms. The summed E-state index contributed by atoms with van der Waals surface area (Å²) in [5, 5.41) is 15.4. The first-order valence-electron chi connectivity index (χ1n) is 30.6. The number of aromatic nitrogens is 15. The van der Waals surface area contributed by atoms with Crippen LogP contribution in [-0.4, -0.2) is 73.5 Å². The summed E-state index contributed by atoms with van der Waals surface area (Å²) in [4.78, 5) is 88.7. The molecule has 6 N–H and O–H groups in total. The van der Waals surface area contributed by atoms with Gasteiger partial charge in [0, 0.05) is 28.5 Å². The summed E-state index contributed by atoms with van der Waals surface area (Å²) < 4.78 is 5.42. The average molecular weight is 1330 g/mol. The number of hydrogen-bond acceptors (Lipinski definition) is 15. The quantitative estimate of drug-likeness (QED) is 0.0627.